The van der Waals surface area contributed by atoms with Crippen molar-refractivity contribution < 1.29 is 37.9 Å². The van der Waals surface area contributed by atoms with Crippen LogP contribution in [-0.4, -0.2) is 213 Å². The van der Waals surface area contributed by atoms with Gasteiger partial charge in [-0.25, -0.2) is 59.8 Å². The summed E-state index contributed by atoms with van der Waals surface area (Å²) in [5.74, 6) is 8.23. The minimum Gasteiger partial charge on any atom is -0.493 e. The lowest BCUT2D eigenvalue weighted by Gasteiger charge is -2.30. The van der Waals surface area contributed by atoms with Gasteiger partial charge >= 0.3 is 0 Å². The number of ether oxygens (including phenoxy) is 8. The number of benzene rings is 4. The van der Waals surface area contributed by atoms with Gasteiger partial charge in [0.15, 0.2) is 66.6 Å². The zero-order chi connectivity index (χ0) is 97.0. The summed E-state index contributed by atoms with van der Waals surface area (Å²) < 4.78 is 46.8. The van der Waals surface area contributed by atoms with Crippen molar-refractivity contribution in [2.75, 3.05) is 162 Å². The summed E-state index contributed by atoms with van der Waals surface area (Å²) in [6.45, 7) is 38.6. The van der Waals surface area contributed by atoms with E-state index < -0.39 is 0 Å². The predicted octanol–water partition coefficient (Wildman–Crippen LogP) is 21.2. The Morgan fingerprint density at radius 2 is 0.504 bits per heavy atom. The van der Waals surface area contributed by atoms with Gasteiger partial charge in [-0.2, -0.15) is 0 Å². The predicted molar refractivity (Wildman–Crippen MR) is 565 cm³/mol. The molecule has 37 heteroatoms. The van der Waals surface area contributed by atoms with E-state index in [2.05, 4.69) is 133 Å². The number of methoxy groups -OCH3 is 4. The average molecular weight is 2010 g/mol. The molecule has 734 valence electrons. The second kappa shape index (κ2) is 52.0. The molecule has 4 atom stereocenters. The summed E-state index contributed by atoms with van der Waals surface area (Å²) in [5.41, 5.74) is 40.4. The molecule has 12 heterocycles. The van der Waals surface area contributed by atoms with E-state index in [9.17, 15) is 0 Å². The first-order chi connectivity index (χ1) is 66.3. The Morgan fingerprint density at radius 3 is 0.715 bits per heavy atom. The molecule has 0 amide bonds. The van der Waals surface area contributed by atoms with Crippen LogP contribution in [0.4, 0.5) is 29.1 Å². The normalized spacial score (nSPS) is 15.0. The fourth-order valence-electron chi connectivity index (χ4n) is 16.3. The van der Waals surface area contributed by atoms with E-state index in [0.29, 0.717) is 76.1 Å². The third kappa shape index (κ3) is 30.0. The number of aromatic nitrogens is 12. The van der Waals surface area contributed by atoms with Crippen molar-refractivity contribution in [3.05, 3.63) is 156 Å². The van der Waals surface area contributed by atoms with Gasteiger partial charge in [-0.1, -0.05) is 87.6 Å². The van der Waals surface area contributed by atoms with E-state index in [-0.39, 0.29) is 21.0 Å². The first kappa shape index (κ1) is 105. The van der Waals surface area contributed by atoms with Crippen molar-refractivity contribution in [2.45, 2.75) is 201 Å². The fourth-order valence-corrected chi connectivity index (χ4v) is 24.8. The van der Waals surface area contributed by atoms with E-state index in [1.54, 1.807) is 133 Å². The Bertz CT molecular complexity index is 5630. The van der Waals surface area contributed by atoms with Crippen LogP contribution in [-0.2, 0) is 25.7 Å². The lowest BCUT2D eigenvalue weighted by molar-refractivity contribution is 0.145. The number of thioether (sulfide) groups is 4. The highest BCUT2D eigenvalue weighted by Crippen LogP contribution is 2.47. The number of nitrogen functional groups attached to an aromatic ring is 5. The molecule has 8 aromatic heterocycles. The number of thiazole rings is 4. The van der Waals surface area contributed by atoms with Crippen LogP contribution in [0.2, 0.25) is 0 Å². The van der Waals surface area contributed by atoms with Crippen LogP contribution in [0.1, 0.15) is 194 Å². The van der Waals surface area contributed by atoms with Crippen LogP contribution in [0.5, 0.6) is 46.0 Å². The molecule has 0 aliphatic carbocycles. The third-order valence-corrected chi connectivity index (χ3v) is 32.5. The van der Waals surface area contributed by atoms with Crippen molar-refractivity contribution in [1.29, 1.82) is 0 Å². The van der Waals surface area contributed by atoms with E-state index in [0.717, 1.165) is 193 Å². The summed E-state index contributed by atoms with van der Waals surface area (Å²) >= 11 is 13.2. The number of piperidine rings is 2. The maximum atomic E-state index is 6.18. The van der Waals surface area contributed by atoms with Gasteiger partial charge in [-0.05, 0) is 244 Å². The minimum atomic E-state index is 0.0506. The second-order valence-corrected chi connectivity index (χ2v) is 43.4. The highest BCUT2D eigenvalue weighted by Gasteiger charge is 2.28. The Hall–Kier alpha value is -9.64. The van der Waals surface area contributed by atoms with Gasteiger partial charge < -0.3 is 66.6 Å². The van der Waals surface area contributed by atoms with Gasteiger partial charge in [0.1, 0.15) is 75.5 Å². The number of anilines is 5. The Balaban J connectivity index is 0.000000154. The first-order valence-electron chi connectivity index (χ1n) is 47.4. The monoisotopic (exact) mass is 2010 g/mol. The van der Waals surface area contributed by atoms with E-state index in [1.807, 2.05) is 75.4 Å². The molecule has 4 aliphatic heterocycles. The summed E-state index contributed by atoms with van der Waals surface area (Å²) in [5, 5.41) is 6.87. The van der Waals surface area contributed by atoms with Crippen molar-refractivity contribution >= 4 is 121 Å². The number of hydrogen-bond acceptors (Lipinski definition) is 37. The Kier molecular flexibility index (Phi) is 39.8. The molecule has 137 heavy (non-hydrogen) atoms. The number of nitrogens with zero attached hydrogens (tertiary/aromatic N) is 16. The molecule has 12 aromatic rings. The Morgan fingerprint density at radius 1 is 0.285 bits per heavy atom. The molecule has 29 nitrogen and oxygen atoms in total. The number of hydrogen-bond donors (Lipinski definition) is 5. The highest BCUT2D eigenvalue weighted by molar-refractivity contribution is 8.00. The zero-order valence-corrected chi connectivity index (χ0v) is 88.2. The molecule has 0 unspecified atom stereocenters. The summed E-state index contributed by atoms with van der Waals surface area (Å²) in [4.78, 5) is 70.3. The molecule has 4 saturated heterocycles. The van der Waals surface area contributed by atoms with Crippen LogP contribution in [0.3, 0.4) is 0 Å². The lowest BCUT2D eigenvalue weighted by Crippen LogP contribution is -2.39. The van der Waals surface area contributed by atoms with Gasteiger partial charge in [-0.15, -0.1) is 45.3 Å². The van der Waals surface area contributed by atoms with E-state index in [4.69, 9.17) is 86.5 Å². The largest absolute Gasteiger partial charge is 0.493 e. The molecule has 4 aromatic carbocycles. The number of likely N-dealkylation sites (tertiary alicyclic amines) is 4. The molecular formula is C100H133N21O8S8. The standard InChI is InChI=1S/C26H35N5O2S2.C25H34N6O2S2.C25H33N5O2S2.C24H31N5O2S2/c1-5-22-24(18(3)34-26-28-17(2)15-23(27)29-26)30-25(35-22)19-9-10-20(32-4)21(16-19)33-14-13-31-11-7-6-8-12-31;1-4-20-23(16(2)34-25-28-21(26)15-22(27)29-25)30-24(35-20)17-8-9-18(32-3)19(14-17)33-13-12-31-10-6-5-7-11-31;1-5-21-23(17(3)33-25-27-16(2)14-22(26)28-25)29-24(34-21)18-8-9-19(31-4)20(15-18)32-13-12-30-10-6-7-11-30;1-5-20-22(16(3)32-24-26-15(2)13-21(25)27-24)28-23(33-20)17-7-8-18(30-4)19(14-17)31-12-11-29-9-6-10-29/h9-10,15-16,18H,5-8,11-14H2,1-4H3,(H2,27,28,29);8-9,14-16H,4-7,10-13H2,1-3H3,(H4,26,27,28,29);8-9,14-15,17H,5-7,10-13H2,1-4H3,(H2,26,27,28);7-8,13-14,16H,5-6,9-12H2,1-4H3,(H2,25,26,27)/t18-;16-;17-;16-/m0000/s1. The molecule has 16 rings (SSSR count). The van der Waals surface area contributed by atoms with Crippen LogP contribution in [0.25, 0.3) is 42.3 Å². The average Bonchev–Trinajstić information content (AvgIpc) is 1.66. The quantitative estimate of drug-likeness (QED) is 0.0176. The molecule has 4 fully saturated rings. The number of nitrogens with two attached hydrogens (primary N) is 5. The highest BCUT2D eigenvalue weighted by atomic mass is 32.2. The number of rotatable bonds is 40. The maximum Gasteiger partial charge on any atom is 0.192 e. The van der Waals surface area contributed by atoms with E-state index >= 15 is 0 Å². The van der Waals surface area contributed by atoms with Crippen molar-refractivity contribution in [3.63, 3.8) is 0 Å². The van der Waals surface area contributed by atoms with Gasteiger partial charge in [-0.3, -0.25) is 19.6 Å². The molecule has 0 bridgehead atoms. The van der Waals surface area contributed by atoms with Crippen molar-refractivity contribution in [3.8, 4) is 88.3 Å². The van der Waals surface area contributed by atoms with Crippen LogP contribution < -0.4 is 66.6 Å². The molecule has 0 radical (unpaired) electrons. The second-order valence-electron chi connectivity index (χ2n) is 33.8. The van der Waals surface area contributed by atoms with Gasteiger partial charge in [0.25, 0.3) is 0 Å². The topological polar surface area (TPSA) is 372 Å². The van der Waals surface area contributed by atoms with Crippen LogP contribution in [0, 0.1) is 20.8 Å². The summed E-state index contributed by atoms with van der Waals surface area (Å²) in [6.07, 6.45) is 15.3. The molecule has 10 N–H and O–H groups in total. The molecular weight excluding hydrogens is 1880 g/mol. The van der Waals surface area contributed by atoms with Crippen LogP contribution in [0.15, 0.2) is 118 Å². The molecule has 0 saturated carbocycles. The van der Waals surface area contributed by atoms with Gasteiger partial charge in [0, 0.05) is 109 Å². The zero-order valence-electron chi connectivity index (χ0n) is 81.6. The SMILES string of the molecule is CCc1sc(-c2ccc(OC)c(OCCN3CCC3)c2)nc1[C@H](C)Sc1nc(C)cc(N)n1.CCc1sc(-c2ccc(OC)c(OCCN3CCCC3)c2)nc1[C@H](C)Sc1nc(C)cc(N)n1.CCc1sc(-c2ccc(OC)c(OCCN3CCCCC3)c2)nc1[C@H](C)Sc1nc(C)cc(N)n1.CCc1sc(-c2ccc(OC)c(OCCN3CCCCC3)c2)nc1[C@H](C)Sc1nc(N)cc(N)n1. The Labute approximate surface area is 840 Å². The lowest BCUT2D eigenvalue weighted by atomic mass is 10.1. The third-order valence-electron chi connectivity index (χ3n) is 23.5. The molecule has 4 aliphatic rings. The summed E-state index contributed by atoms with van der Waals surface area (Å²) in [6, 6.07) is 31.1. The summed E-state index contributed by atoms with van der Waals surface area (Å²) in [7, 11) is 6.71. The molecule has 0 spiro atoms. The van der Waals surface area contributed by atoms with Gasteiger partial charge in [0.05, 0.1) is 72.2 Å². The maximum absolute atomic E-state index is 6.18. The minimum absolute atomic E-state index is 0.0506. The fraction of sp³-hybridized carbons (Fsp3) is 0.480. The van der Waals surface area contributed by atoms with Crippen molar-refractivity contribution in [1.82, 2.24) is 79.4 Å². The van der Waals surface area contributed by atoms with Crippen LogP contribution >= 0.6 is 92.4 Å². The first-order valence-corrected chi connectivity index (χ1v) is 54.2. The van der Waals surface area contributed by atoms with Gasteiger partial charge in [0.2, 0.25) is 0 Å². The number of aryl methyl sites for hydroxylation is 7. The smallest absolute Gasteiger partial charge is 0.192 e. The van der Waals surface area contributed by atoms with Crippen molar-refractivity contribution in [2.24, 2.45) is 0 Å². The van der Waals surface area contributed by atoms with E-state index in [1.165, 1.54) is 128 Å².